The maximum Gasteiger partial charge on any atom is 0.513 e. The molecule has 0 heterocycles. The highest BCUT2D eigenvalue weighted by molar-refractivity contribution is 5.72. The summed E-state index contributed by atoms with van der Waals surface area (Å²) in [5, 5.41) is 8.70. The van der Waals surface area contributed by atoms with Crippen LogP contribution in [0.1, 0.15) is 52.0 Å². The number of nitriles is 1. The molecule has 1 unspecified atom stereocenters. The summed E-state index contributed by atoms with van der Waals surface area (Å²) < 4.78 is 15.2. The number of nitrogens with zero attached hydrogens (tertiary/aromatic N) is 1. The van der Waals surface area contributed by atoms with Crippen LogP contribution in [0, 0.1) is 23.2 Å². The summed E-state index contributed by atoms with van der Waals surface area (Å²) in [4.78, 5) is 23.5. The van der Waals surface area contributed by atoms with Crippen molar-refractivity contribution in [1.82, 2.24) is 0 Å². The third kappa shape index (κ3) is 8.52. The Morgan fingerprint density at radius 2 is 1.69 bits per heavy atom. The number of esters is 1. The number of carbonyl (C=O) groups excluding carboxylic acids is 2. The number of rotatable bonds is 10. The Labute approximate surface area is 155 Å². The molecule has 0 radical (unpaired) electrons. The number of ether oxygens (including phenoxy) is 3. The second kappa shape index (κ2) is 11.9. The predicted octanol–water partition coefficient (Wildman–Crippen LogP) is 4.47. The molecule has 0 aromatic heterocycles. The fraction of sp³-hybridized carbons (Fsp3) is 0.550. The molecule has 0 fully saturated rings. The summed E-state index contributed by atoms with van der Waals surface area (Å²) in [7, 11) is 0. The van der Waals surface area contributed by atoms with Gasteiger partial charge in [0.05, 0.1) is 30.8 Å². The second-order valence-corrected chi connectivity index (χ2v) is 6.45. The first kappa shape index (κ1) is 21.5. The molecule has 0 aliphatic rings. The molecule has 0 amide bonds. The van der Waals surface area contributed by atoms with Crippen LogP contribution in [0.3, 0.4) is 0 Å². The minimum atomic E-state index is -0.797. The van der Waals surface area contributed by atoms with Crippen LogP contribution in [0.5, 0.6) is 5.75 Å². The molecule has 0 saturated carbocycles. The molecule has 0 bridgehead atoms. The number of carbonyl (C=O) groups is 2. The summed E-state index contributed by atoms with van der Waals surface area (Å²) in [6.45, 7) is 6.67. The molecule has 0 aliphatic carbocycles. The Bertz CT molecular complexity index is 604. The van der Waals surface area contributed by atoms with Crippen LogP contribution in [-0.4, -0.2) is 25.3 Å². The number of unbranched alkanes of at least 4 members (excludes halogenated alkanes) is 1. The van der Waals surface area contributed by atoms with Crippen molar-refractivity contribution in [3.05, 3.63) is 29.8 Å². The van der Waals surface area contributed by atoms with E-state index in [0.29, 0.717) is 36.7 Å². The molecule has 0 N–H and O–H groups in total. The minimum absolute atomic E-state index is 0.0475. The number of benzene rings is 1. The average Bonchev–Trinajstić information content (AvgIpc) is 2.62. The van der Waals surface area contributed by atoms with E-state index < -0.39 is 6.16 Å². The zero-order chi connectivity index (χ0) is 19.4. The zero-order valence-corrected chi connectivity index (χ0v) is 15.7. The van der Waals surface area contributed by atoms with Gasteiger partial charge in [0.15, 0.2) is 0 Å². The van der Waals surface area contributed by atoms with Gasteiger partial charge in [0.25, 0.3) is 0 Å². The van der Waals surface area contributed by atoms with Crippen molar-refractivity contribution >= 4 is 12.1 Å². The lowest BCUT2D eigenvalue weighted by Gasteiger charge is -2.16. The van der Waals surface area contributed by atoms with E-state index in [-0.39, 0.29) is 18.5 Å². The van der Waals surface area contributed by atoms with Gasteiger partial charge in [-0.05, 0) is 55.9 Å². The second-order valence-electron chi connectivity index (χ2n) is 6.45. The maximum atomic E-state index is 12.0. The molecule has 6 heteroatoms. The Morgan fingerprint density at radius 3 is 2.23 bits per heavy atom. The molecule has 0 aliphatic heterocycles. The Morgan fingerprint density at radius 1 is 1.08 bits per heavy atom. The van der Waals surface area contributed by atoms with Crippen LogP contribution in [0.15, 0.2) is 24.3 Å². The highest BCUT2D eigenvalue weighted by atomic mass is 16.7. The molecule has 0 saturated heterocycles. The fourth-order valence-electron chi connectivity index (χ4n) is 2.37. The minimum Gasteiger partial charge on any atom is -0.465 e. The van der Waals surface area contributed by atoms with Crippen molar-refractivity contribution in [2.24, 2.45) is 11.8 Å². The van der Waals surface area contributed by atoms with Gasteiger partial charge < -0.3 is 14.2 Å². The van der Waals surface area contributed by atoms with E-state index >= 15 is 0 Å². The van der Waals surface area contributed by atoms with Crippen LogP contribution >= 0.6 is 0 Å². The van der Waals surface area contributed by atoms with Gasteiger partial charge in [0, 0.05) is 0 Å². The van der Waals surface area contributed by atoms with Crippen LogP contribution in [0.25, 0.3) is 0 Å². The van der Waals surface area contributed by atoms with Crippen LogP contribution in [-0.2, 0) is 14.3 Å². The van der Waals surface area contributed by atoms with Gasteiger partial charge in [-0.2, -0.15) is 5.26 Å². The average molecular weight is 361 g/mol. The third-order valence-corrected chi connectivity index (χ3v) is 3.77. The van der Waals surface area contributed by atoms with Gasteiger partial charge in [-0.3, -0.25) is 4.79 Å². The number of hydrogen-bond donors (Lipinski definition) is 0. The Balaban J connectivity index is 2.15. The monoisotopic (exact) mass is 361 g/mol. The molecule has 1 aromatic rings. The number of hydrogen-bond acceptors (Lipinski definition) is 6. The third-order valence-electron chi connectivity index (χ3n) is 3.77. The van der Waals surface area contributed by atoms with E-state index in [1.165, 1.54) is 12.1 Å². The van der Waals surface area contributed by atoms with Gasteiger partial charge in [-0.1, -0.05) is 20.8 Å². The van der Waals surface area contributed by atoms with Crippen molar-refractivity contribution in [3.63, 3.8) is 0 Å². The SMILES string of the molecule is CCC(CC(C)C)C(=O)OCCCCOC(=O)Oc1ccc(C#N)cc1. The quantitative estimate of drug-likeness (QED) is 0.347. The van der Waals surface area contributed by atoms with E-state index in [9.17, 15) is 9.59 Å². The summed E-state index contributed by atoms with van der Waals surface area (Å²) in [6.07, 6.45) is 2.01. The standard InChI is InChI=1S/C20H27NO5/c1-4-17(13-15(2)3)19(22)24-11-5-6-12-25-20(23)26-18-9-7-16(14-21)8-10-18/h7-10,15,17H,4-6,11-13H2,1-3H3. The van der Waals surface area contributed by atoms with Gasteiger partial charge in [0.2, 0.25) is 0 Å². The van der Waals surface area contributed by atoms with E-state index in [1.54, 1.807) is 12.1 Å². The van der Waals surface area contributed by atoms with Crippen LogP contribution < -0.4 is 4.74 Å². The Hall–Kier alpha value is -2.55. The molecule has 1 rings (SSSR count). The molecular weight excluding hydrogens is 334 g/mol. The van der Waals surface area contributed by atoms with Gasteiger partial charge in [-0.25, -0.2) is 4.79 Å². The highest BCUT2D eigenvalue weighted by Crippen LogP contribution is 2.17. The predicted molar refractivity (Wildman–Crippen MR) is 96.6 cm³/mol. The van der Waals surface area contributed by atoms with Crippen molar-refractivity contribution in [2.75, 3.05) is 13.2 Å². The summed E-state index contributed by atoms with van der Waals surface area (Å²) in [6, 6.07) is 8.15. The molecule has 0 spiro atoms. The normalized spacial score (nSPS) is 11.5. The maximum absolute atomic E-state index is 12.0. The molecule has 26 heavy (non-hydrogen) atoms. The summed E-state index contributed by atoms with van der Waals surface area (Å²) in [5.74, 6) is 0.581. The lowest BCUT2D eigenvalue weighted by atomic mass is 9.95. The first-order valence-electron chi connectivity index (χ1n) is 8.97. The van der Waals surface area contributed by atoms with E-state index in [2.05, 4.69) is 13.8 Å². The van der Waals surface area contributed by atoms with E-state index in [4.69, 9.17) is 19.5 Å². The van der Waals surface area contributed by atoms with Crippen molar-refractivity contribution in [2.45, 2.75) is 46.5 Å². The largest absolute Gasteiger partial charge is 0.513 e. The van der Waals surface area contributed by atoms with Gasteiger partial charge in [0.1, 0.15) is 5.75 Å². The first-order valence-corrected chi connectivity index (χ1v) is 8.97. The van der Waals surface area contributed by atoms with E-state index in [0.717, 1.165) is 12.8 Å². The van der Waals surface area contributed by atoms with Crippen molar-refractivity contribution < 1.29 is 23.8 Å². The fourth-order valence-corrected chi connectivity index (χ4v) is 2.37. The lowest BCUT2D eigenvalue weighted by Crippen LogP contribution is -2.19. The molecule has 1 atom stereocenters. The summed E-state index contributed by atoms with van der Waals surface area (Å²) in [5.41, 5.74) is 0.485. The Kier molecular flexibility index (Phi) is 9.85. The van der Waals surface area contributed by atoms with Crippen molar-refractivity contribution in [1.29, 1.82) is 5.26 Å². The van der Waals surface area contributed by atoms with Crippen molar-refractivity contribution in [3.8, 4) is 11.8 Å². The topological polar surface area (TPSA) is 85.6 Å². The smallest absolute Gasteiger partial charge is 0.465 e. The van der Waals surface area contributed by atoms with E-state index in [1.807, 2.05) is 13.0 Å². The first-order chi connectivity index (χ1) is 12.5. The molecule has 1 aromatic carbocycles. The molecule has 6 nitrogen and oxygen atoms in total. The molecular formula is C20H27NO5. The molecule has 142 valence electrons. The van der Waals surface area contributed by atoms with Gasteiger partial charge >= 0.3 is 12.1 Å². The van der Waals surface area contributed by atoms with Crippen LogP contribution in [0.4, 0.5) is 4.79 Å². The zero-order valence-electron chi connectivity index (χ0n) is 15.7. The van der Waals surface area contributed by atoms with Gasteiger partial charge in [-0.15, -0.1) is 0 Å². The summed E-state index contributed by atoms with van der Waals surface area (Å²) >= 11 is 0. The van der Waals surface area contributed by atoms with Crippen LogP contribution in [0.2, 0.25) is 0 Å². The lowest BCUT2D eigenvalue weighted by molar-refractivity contribution is -0.149. The highest BCUT2D eigenvalue weighted by Gasteiger charge is 2.19.